The van der Waals surface area contributed by atoms with Crippen LogP contribution in [0.4, 0.5) is 0 Å². The Labute approximate surface area is 169 Å². The first kappa shape index (κ1) is 20.8. The van der Waals surface area contributed by atoms with E-state index in [9.17, 15) is 0 Å². The Morgan fingerprint density at radius 1 is 1.18 bits per heavy atom. The van der Waals surface area contributed by atoms with Gasteiger partial charge in [-0.25, -0.2) is 0 Å². The van der Waals surface area contributed by atoms with Gasteiger partial charge < -0.3 is 24.4 Å². The highest BCUT2D eigenvalue weighted by Crippen LogP contribution is 2.32. The Hall–Kier alpha value is -1.95. The van der Waals surface area contributed by atoms with Crippen LogP contribution in [0.1, 0.15) is 44.1 Å². The third-order valence-electron chi connectivity index (χ3n) is 5.47. The fourth-order valence-corrected chi connectivity index (χ4v) is 3.52. The summed E-state index contributed by atoms with van der Waals surface area (Å²) in [6.07, 6.45) is 7.73. The van der Waals surface area contributed by atoms with Gasteiger partial charge >= 0.3 is 0 Å². The zero-order valence-corrected chi connectivity index (χ0v) is 17.6. The average molecular weight is 390 g/mol. The van der Waals surface area contributed by atoms with Crippen molar-refractivity contribution < 1.29 is 14.2 Å². The number of rotatable bonds is 10. The van der Waals surface area contributed by atoms with Crippen molar-refractivity contribution in [3.63, 3.8) is 0 Å². The van der Waals surface area contributed by atoms with E-state index in [0.717, 1.165) is 61.5 Å². The van der Waals surface area contributed by atoms with Crippen LogP contribution >= 0.6 is 0 Å². The van der Waals surface area contributed by atoms with Gasteiger partial charge in [-0.1, -0.05) is 6.07 Å². The second-order valence-electron chi connectivity index (χ2n) is 7.85. The summed E-state index contributed by atoms with van der Waals surface area (Å²) < 4.78 is 17.4. The molecule has 2 aliphatic rings. The van der Waals surface area contributed by atoms with Crippen LogP contribution in [0.5, 0.6) is 11.5 Å². The Morgan fingerprint density at radius 2 is 1.96 bits per heavy atom. The molecule has 0 aliphatic heterocycles. The zero-order chi connectivity index (χ0) is 19.8. The summed E-state index contributed by atoms with van der Waals surface area (Å²) in [7, 11) is 5.54. The maximum atomic E-state index is 6.20. The molecule has 0 atom stereocenters. The molecular weight excluding hydrogens is 354 g/mol. The lowest BCUT2D eigenvalue weighted by atomic mass is 10.2. The molecular formula is C22H35N3O3. The number of hydrogen-bond acceptors (Lipinski definition) is 4. The van der Waals surface area contributed by atoms with Crippen molar-refractivity contribution in [2.45, 2.75) is 51.2 Å². The van der Waals surface area contributed by atoms with Gasteiger partial charge in [-0.15, -0.1) is 0 Å². The maximum Gasteiger partial charge on any atom is 0.193 e. The van der Waals surface area contributed by atoms with Gasteiger partial charge in [-0.3, -0.25) is 4.99 Å². The summed E-state index contributed by atoms with van der Waals surface area (Å²) in [4.78, 5) is 6.49. The van der Waals surface area contributed by atoms with Crippen molar-refractivity contribution >= 4 is 5.96 Å². The number of nitrogens with zero attached hydrogens (tertiary/aromatic N) is 2. The second kappa shape index (κ2) is 10.6. The van der Waals surface area contributed by atoms with E-state index in [0.29, 0.717) is 12.6 Å². The first-order valence-corrected chi connectivity index (χ1v) is 10.5. The van der Waals surface area contributed by atoms with Gasteiger partial charge in [-0.2, -0.15) is 0 Å². The van der Waals surface area contributed by atoms with Crippen molar-refractivity contribution in [3.05, 3.63) is 23.8 Å². The number of aliphatic imine (C=N–C) groups is 1. The largest absolute Gasteiger partial charge is 0.493 e. The minimum absolute atomic E-state index is 0.312. The topological polar surface area (TPSA) is 55.3 Å². The van der Waals surface area contributed by atoms with E-state index in [1.54, 1.807) is 7.11 Å². The molecule has 0 amide bonds. The molecule has 2 aliphatic carbocycles. The van der Waals surface area contributed by atoms with Gasteiger partial charge in [-0.05, 0) is 62.1 Å². The highest BCUT2D eigenvalue weighted by Gasteiger charge is 2.21. The van der Waals surface area contributed by atoms with E-state index in [4.69, 9.17) is 14.2 Å². The molecule has 1 aromatic rings. The Balaban J connectivity index is 1.49. The van der Waals surface area contributed by atoms with E-state index >= 15 is 0 Å². The monoisotopic (exact) mass is 389 g/mol. The molecule has 2 fully saturated rings. The number of likely N-dealkylation sites (N-methyl/N-ethyl adjacent to an activating group) is 1. The Bertz CT molecular complexity index is 640. The molecule has 0 unspecified atom stereocenters. The van der Waals surface area contributed by atoms with Crippen molar-refractivity contribution in [1.82, 2.24) is 10.2 Å². The minimum Gasteiger partial charge on any atom is -0.493 e. The Morgan fingerprint density at radius 3 is 2.64 bits per heavy atom. The quantitative estimate of drug-likeness (QED) is 0.377. The number of nitrogens with one attached hydrogen (secondary N) is 1. The third kappa shape index (κ3) is 6.30. The molecule has 0 bridgehead atoms. The predicted molar refractivity (Wildman–Crippen MR) is 112 cm³/mol. The van der Waals surface area contributed by atoms with Crippen LogP contribution in [0.2, 0.25) is 0 Å². The van der Waals surface area contributed by atoms with E-state index in [-0.39, 0.29) is 0 Å². The van der Waals surface area contributed by atoms with Crippen LogP contribution in [0, 0.1) is 5.92 Å². The fourth-order valence-electron chi connectivity index (χ4n) is 3.52. The van der Waals surface area contributed by atoms with Crippen LogP contribution in [0.15, 0.2) is 23.2 Å². The lowest BCUT2D eigenvalue weighted by Crippen LogP contribution is -2.40. The lowest BCUT2D eigenvalue weighted by molar-refractivity contribution is 0.115. The molecule has 2 saturated carbocycles. The standard InChI is InChI=1S/C22H35N3O3/c1-23-22(25(2)12-13-27-16-17-8-9-17)24-15-18-10-11-20(26-3)21(14-18)28-19-6-4-5-7-19/h10-11,14,17,19H,4-9,12-13,15-16H2,1-3H3,(H,23,24). The molecule has 28 heavy (non-hydrogen) atoms. The highest BCUT2D eigenvalue weighted by atomic mass is 16.5. The molecule has 156 valence electrons. The molecule has 0 heterocycles. The Kier molecular flexibility index (Phi) is 7.83. The summed E-state index contributed by atoms with van der Waals surface area (Å²) in [5.41, 5.74) is 1.15. The van der Waals surface area contributed by atoms with E-state index in [2.05, 4.69) is 27.3 Å². The average Bonchev–Trinajstić information content (AvgIpc) is 3.40. The summed E-state index contributed by atoms with van der Waals surface area (Å²) in [6.45, 7) is 3.14. The predicted octanol–water partition coefficient (Wildman–Crippen LogP) is 3.45. The van der Waals surface area contributed by atoms with E-state index in [1.165, 1.54) is 25.7 Å². The first-order valence-electron chi connectivity index (χ1n) is 10.5. The second-order valence-corrected chi connectivity index (χ2v) is 7.85. The summed E-state index contributed by atoms with van der Waals surface area (Å²) in [5, 5.41) is 3.43. The lowest BCUT2D eigenvalue weighted by Gasteiger charge is -2.22. The smallest absolute Gasteiger partial charge is 0.193 e. The molecule has 3 rings (SSSR count). The SMILES string of the molecule is CN=C(NCc1ccc(OC)c(OC2CCCC2)c1)N(C)CCOCC1CC1. The zero-order valence-electron chi connectivity index (χ0n) is 17.6. The minimum atomic E-state index is 0.312. The number of benzene rings is 1. The molecule has 6 nitrogen and oxygen atoms in total. The first-order chi connectivity index (χ1) is 13.7. The van der Waals surface area contributed by atoms with E-state index < -0.39 is 0 Å². The number of methoxy groups -OCH3 is 1. The molecule has 1 N–H and O–H groups in total. The van der Waals surface area contributed by atoms with Crippen LogP contribution in [-0.2, 0) is 11.3 Å². The van der Waals surface area contributed by atoms with Crippen molar-refractivity contribution in [3.8, 4) is 11.5 Å². The van der Waals surface area contributed by atoms with Gasteiger partial charge in [0.15, 0.2) is 17.5 Å². The molecule has 0 radical (unpaired) electrons. The number of guanidine groups is 1. The van der Waals surface area contributed by atoms with Crippen molar-refractivity contribution in [2.75, 3.05) is 41.0 Å². The van der Waals surface area contributed by atoms with E-state index in [1.807, 2.05) is 20.2 Å². The molecule has 0 spiro atoms. The molecule has 0 saturated heterocycles. The maximum absolute atomic E-state index is 6.20. The van der Waals surface area contributed by atoms with Gasteiger partial charge in [0.1, 0.15) is 0 Å². The fraction of sp³-hybridized carbons (Fsp3) is 0.682. The summed E-state index contributed by atoms with van der Waals surface area (Å²) >= 11 is 0. The van der Waals surface area contributed by atoms with Crippen LogP contribution in [0.3, 0.4) is 0 Å². The van der Waals surface area contributed by atoms with Crippen molar-refractivity contribution in [1.29, 1.82) is 0 Å². The van der Waals surface area contributed by atoms with Gasteiger partial charge in [0.25, 0.3) is 0 Å². The normalized spacial score (nSPS) is 17.6. The van der Waals surface area contributed by atoms with Gasteiger partial charge in [0, 0.05) is 33.8 Å². The summed E-state index contributed by atoms with van der Waals surface area (Å²) in [6, 6.07) is 6.13. The highest BCUT2D eigenvalue weighted by molar-refractivity contribution is 5.79. The molecule has 1 aromatic carbocycles. The number of ether oxygens (including phenoxy) is 3. The number of hydrogen-bond donors (Lipinski definition) is 1. The van der Waals surface area contributed by atoms with Crippen LogP contribution in [-0.4, -0.2) is 57.9 Å². The van der Waals surface area contributed by atoms with Gasteiger partial charge in [0.2, 0.25) is 0 Å². The molecule has 6 heteroatoms. The van der Waals surface area contributed by atoms with Crippen LogP contribution in [0.25, 0.3) is 0 Å². The third-order valence-corrected chi connectivity index (χ3v) is 5.47. The van der Waals surface area contributed by atoms with Gasteiger partial charge in [0.05, 0.1) is 19.8 Å². The van der Waals surface area contributed by atoms with Crippen LogP contribution < -0.4 is 14.8 Å². The summed E-state index contributed by atoms with van der Waals surface area (Å²) in [5.74, 6) is 3.30. The molecule has 0 aromatic heterocycles. The van der Waals surface area contributed by atoms with Crippen molar-refractivity contribution in [2.24, 2.45) is 10.9 Å².